The highest BCUT2D eigenvalue weighted by atomic mass is 19.1. The van der Waals surface area contributed by atoms with Crippen LogP contribution in [0.15, 0.2) is 48.7 Å². The normalized spacial score (nSPS) is 11.0. The molecule has 0 aliphatic carbocycles. The van der Waals surface area contributed by atoms with E-state index >= 15 is 0 Å². The zero-order chi connectivity index (χ0) is 14.8. The van der Waals surface area contributed by atoms with Crippen LogP contribution in [0.25, 0.3) is 10.9 Å². The van der Waals surface area contributed by atoms with Crippen molar-refractivity contribution in [3.63, 3.8) is 0 Å². The predicted octanol–water partition coefficient (Wildman–Crippen LogP) is 3.36. The molecule has 0 bridgehead atoms. The number of aromatic nitrogens is 1. The molecule has 108 valence electrons. The number of nitrogens with two attached hydrogens (primary N) is 1. The molecule has 1 heterocycles. The molecule has 2 N–H and O–H groups in total. The summed E-state index contributed by atoms with van der Waals surface area (Å²) < 4.78 is 20.7. The number of hydrogen-bond donors (Lipinski definition) is 1. The van der Waals surface area contributed by atoms with Gasteiger partial charge in [-0.05, 0) is 42.0 Å². The summed E-state index contributed by atoms with van der Waals surface area (Å²) in [6.45, 7) is 0.958. The molecule has 0 saturated carbocycles. The van der Waals surface area contributed by atoms with Gasteiger partial charge in [0.1, 0.15) is 18.2 Å². The molecule has 3 aromatic rings. The Morgan fingerprint density at radius 1 is 1.14 bits per heavy atom. The third-order valence-corrected chi connectivity index (χ3v) is 3.58. The topological polar surface area (TPSA) is 40.2 Å². The highest BCUT2D eigenvalue weighted by molar-refractivity contribution is 5.84. The molecule has 0 radical (unpaired) electrons. The van der Waals surface area contributed by atoms with E-state index in [4.69, 9.17) is 10.5 Å². The maximum Gasteiger partial charge on any atom is 0.123 e. The number of halogens is 1. The molecule has 21 heavy (non-hydrogen) atoms. The van der Waals surface area contributed by atoms with Crippen LogP contribution < -0.4 is 10.5 Å². The van der Waals surface area contributed by atoms with E-state index in [1.54, 1.807) is 12.1 Å². The van der Waals surface area contributed by atoms with E-state index in [0.29, 0.717) is 18.9 Å². The van der Waals surface area contributed by atoms with Crippen molar-refractivity contribution in [2.24, 2.45) is 12.8 Å². The first-order valence-electron chi connectivity index (χ1n) is 6.82. The SMILES string of the molecule is Cn1cc(COc2ccc(F)cc2)c2cc(CN)ccc21. The number of benzene rings is 2. The number of aryl methyl sites for hydroxylation is 1. The minimum absolute atomic E-state index is 0.264. The minimum Gasteiger partial charge on any atom is -0.489 e. The molecule has 3 rings (SSSR count). The van der Waals surface area contributed by atoms with E-state index in [-0.39, 0.29) is 5.82 Å². The highest BCUT2D eigenvalue weighted by Crippen LogP contribution is 2.23. The minimum atomic E-state index is -0.264. The Hall–Kier alpha value is -2.33. The van der Waals surface area contributed by atoms with Crippen LogP contribution in [0.4, 0.5) is 4.39 Å². The lowest BCUT2D eigenvalue weighted by Crippen LogP contribution is -1.97. The van der Waals surface area contributed by atoms with Gasteiger partial charge in [-0.15, -0.1) is 0 Å². The lowest BCUT2D eigenvalue weighted by atomic mass is 10.1. The van der Waals surface area contributed by atoms with Crippen LogP contribution in [0.3, 0.4) is 0 Å². The maximum atomic E-state index is 12.9. The van der Waals surface area contributed by atoms with Crippen LogP contribution in [0.2, 0.25) is 0 Å². The van der Waals surface area contributed by atoms with Gasteiger partial charge in [0.05, 0.1) is 0 Å². The van der Waals surface area contributed by atoms with Crippen molar-refractivity contribution < 1.29 is 9.13 Å². The average molecular weight is 284 g/mol. The quantitative estimate of drug-likeness (QED) is 0.798. The van der Waals surface area contributed by atoms with Gasteiger partial charge in [-0.25, -0.2) is 4.39 Å². The molecular weight excluding hydrogens is 267 g/mol. The number of fused-ring (bicyclic) bond motifs is 1. The molecule has 0 aliphatic heterocycles. The number of nitrogens with zero attached hydrogens (tertiary/aromatic N) is 1. The largest absolute Gasteiger partial charge is 0.489 e. The Bertz CT molecular complexity index is 762. The maximum absolute atomic E-state index is 12.9. The Morgan fingerprint density at radius 3 is 2.62 bits per heavy atom. The van der Waals surface area contributed by atoms with Gasteiger partial charge in [-0.3, -0.25) is 0 Å². The first-order chi connectivity index (χ1) is 10.2. The fourth-order valence-electron chi connectivity index (χ4n) is 2.45. The van der Waals surface area contributed by atoms with Crippen molar-refractivity contribution in [3.05, 3.63) is 65.6 Å². The molecule has 0 saturated heterocycles. The second kappa shape index (κ2) is 5.58. The van der Waals surface area contributed by atoms with Crippen LogP contribution in [0, 0.1) is 5.82 Å². The summed E-state index contributed by atoms with van der Waals surface area (Å²) in [5.41, 5.74) is 9.03. The van der Waals surface area contributed by atoms with Crippen molar-refractivity contribution in [2.45, 2.75) is 13.2 Å². The standard InChI is InChI=1S/C17H17FN2O/c1-20-10-13(11-21-15-5-3-14(18)4-6-15)16-8-12(9-19)2-7-17(16)20/h2-8,10H,9,11,19H2,1H3. The smallest absolute Gasteiger partial charge is 0.123 e. The molecule has 0 spiro atoms. The fraction of sp³-hybridized carbons (Fsp3) is 0.176. The fourth-order valence-corrected chi connectivity index (χ4v) is 2.45. The number of hydrogen-bond acceptors (Lipinski definition) is 2. The van der Waals surface area contributed by atoms with Crippen molar-refractivity contribution in [1.29, 1.82) is 0 Å². The molecule has 0 unspecified atom stereocenters. The monoisotopic (exact) mass is 284 g/mol. The lowest BCUT2D eigenvalue weighted by Gasteiger charge is -2.05. The second-order valence-corrected chi connectivity index (χ2v) is 5.06. The highest BCUT2D eigenvalue weighted by Gasteiger charge is 2.08. The lowest BCUT2D eigenvalue weighted by molar-refractivity contribution is 0.307. The van der Waals surface area contributed by atoms with E-state index in [0.717, 1.165) is 22.0 Å². The molecule has 1 aromatic heterocycles. The Morgan fingerprint density at radius 2 is 1.90 bits per heavy atom. The molecule has 0 atom stereocenters. The van der Waals surface area contributed by atoms with E-state index in [9.17, 15) is 4.39 Å². The molecule has 0 amide bonds. The van der Waals surface area contributed by atoms with Gasteiger partial charge in [-0.1, -0.05) is 6.07 Å². The third kappa shape index (κ3) is 2.76. The summed E-state index contributed by atoms with van der Waals surface area (Å²) in [5.74, 6) is 0.392. The third-order valence-electron chi connectivity index (χ3n) is 3.58. The Labute approximate surface area is 122 Å². The van der Waals surface area contributed by atoms with Crippen molar-refractivity contribution >= 4 is 10.9 Å². The van der Waals surface area contributed by atoms with E-state index in [1.165, 1.54) is 12.1 Å². The predicted molar refractivity (Wildman–Crippen MR) is 81.5 cm³/mol. The van der Waals surface area contributed by atoms with Gasteiger partial charge in [0.25, 0.3) is 0 Å². The van der Waals surface area contributed by atoms with E-state index < -0.39 is 0 Å². The molecule has 4 heteroatoms. The van der Waals surface area contributed by atoms with Crippen LogP contribution >= 0.6 is 0 Å². The summed E-state index contributed by atoms with van der Waals surface area (Å²) in [5, 5.41) is 1.14. The van der Waals surface area contributed by atoms with Gasteiger partial charge in [0.2, 0.25) is 0 Å². The van der Waals surface area contributed by atoms with Crippen LogP contribution in [-0.4, -0.2) is 4.57 Å². The van der Waals surface area contributed by atoms with Crippen molar-refractivity contribution in [1.82, 2.24) is 4.57 Å². The number of rotatable bonds is 4. The van der Waals surface area contributed by atoms with Gasteiger partial charge in [0.15, 0.2) is 0 Å². The molecule has 3 nitrogen and oxygen atoms in total. The summed E-state index contributed by atoms with van der Waals surface area (Å²) in [4.78, 5) is 0. The first kappa shape index (κ1) is 13.6. The second-order valence-electron chi connectivity index (χ2n) is 5.06. The van der Waals surface area contributed by atoms with E-state index in [2.05, 4.69) is 22.9 Å². The van der Waals surface area contributed by atoms with E-state index in [1.807, 2.05) is 13.1 Å². The van der Waals surface area contributed by atoms with Crippen LogP contribution in [0.1, 0.15) is 11.1 Å². The summed E-state index contributed by atoms with van der Waals surface area (Å²) in [6.07, 6.45) is 2.05. The van der Waals surface area contributed by atoms with Gasteiger partial charge in [0, 0.05) is 36.3 Å². The molecule has 0 fully saturated rings. The van der Waals surface area contributed by atoms with Gasteiger partial charge < -0.3 is 15.0 Å². The first-order valence-corrected chi connectivity index (χ1v) is 6.82. The Balaban J connectivity index is 1.87. The van der Waals surface area contributed by atoms with Gasteiger partial charge >= 0.3 is 0 Å². The van der Waals surface area contributed by atoms with Crippen LogP contribution in [-0.2, 0) is 20.2 Å². The summed E-state index contributed by atoms with van der Waals surface area (Å²) in [7, 11) is 2.01. The average Bonchev–Trinajstić information content (AvgIpc) is 2.82. The zero-order valence-corrected chi connectivity index (χ0v) is 11.8. The molecule has 2 aromatic carbocycles. The number of ether oxygens (including phenoxy) is 1. The molecule has 0 aliphatic rings. The van der Waals surface area contributed by atoms with Crippen LogP contribution in [0.5, 0.6) is 5.75 Å². The Kier molecular flexibility index (Phi) is 3.62. The van der Waals surface area contributed by atoms with Crippen molar-refractivity contribution in [3.8, 4) is 5.75 Å². The summed E-state index contributed by atoms with van der Waals surface area (Å²) >= 11 is 0. The van der Waals surface area contributed by atoms with Gasteiger partial charge in [-0.2, -0.15) is 0 Å². The molecular formula is C17H17FN2O. The van der Waals surface area contributed by atoms with Crippen molar-refractivity contribution in [2.75, 3.05) is 0 Å². The zero-order valence-electron chi connectivity index (χ0n) is 11.8. The summed E-state index contributed by atoms with van der Waals surface area (Å²) in [6, 6.07) is 12.2.